The fraction of sp³-hybridized carbons (Fsp3) is 0.261. The number of nitrogens with two attached hydrogens (primary N) is 1. The first kappa shape index (κ1) is 21.9. The predicted octanol–water partition coefficient (Wildman–Crippen LogP) is 3.85. The molecule has 0 saturated carbocycles. The first-order valence-electron chi connectivity index (χ1n) is 10.0. The summed E-state index contributed by atoms with van der Waals surface area (Å²) in [6, 6.07) is 12.8. The van der Waals surface area contributed by atoms with E-state index in [1.54, 1.807) is 19.1 Å². The lowest BCUT2D eigenvalue weighted by atomic mass is 10.1. The van der Waals surface area contributed by atoms with Gasteiger partial charge in [-0.05, 0) is 67.6 Å². The van der Waals surface area contributed by atoms with Crippen LogP contribution in [0.15, 0.2) is 52.4 Å². The van der Waals surface area contributed by atoms with Crippen molar-refractivity contribution in [2.45, 2.75) is 26.7 Å². The summed E-state index contributed by atoms with van der Waals surface area (Å²) in [5.74, 6) is 0.0193. The van der Waals surface area contributed by atoms with Crippen LogP contribution in [0.25, 0.3) is 0 Å². The Balaban J connectivity index is 1.60. The summed E-state index contributed by atoms with van der Waals surface area (Å²) < 4.78 is 0. The quantitative estimate of drug-likeness (QED) is 0.345. The number of urea groups is 1. The number of carbonyl (C=O) groups excluding carboxylic acids is 1. The van der Waals surface area contributed by atoms with Crippen molar-refractivity contribution in [3.8, 4) is 0 Å². The number of hydrogen-bond donors (Lipinski definition) is 5. The zero-order valence-corrected chi connectivity index (χ0v) is 17.7. The highest BCUT2D eigenvalue weighted by atomic mass is 16.2. The van der Waals surface area contributed by atoms with Gasteiger partial charge in [0.2, 0.25) is 0 Å². The van der Waals surface area contributed by atoms with Gasteiger partial charge in [0.25, 0.3) is 0 Å². The number of rotatable bonds is 7. The van der Waals surface area contributed by atoms with Crippen LogP contribution in [0.1, 0.15) is 37.0 Å². The summed E-state index contributed by atoms with van der Waals surface area (Å²) in [7, 11) is 0. The second-order valence-corrected chi connectivity index (χ2v) is 7.50. The van der Waals surface area contributed by atoms with Crippen LogP contribution in [-0.4, -0.2) is 42.1 Å². The highest BCUT2D eigenvalue weighted by Crippen LogP contribution is 2.26. The van der Waals surface area contributed by atoms with Gasteiger partial charge < -0.3 is 21.8 Å². The van der Waals surface area contributed by atoms with Crippen molar-refractivity contribution in [2.75, 3.05) is 23.7 Å². The molecular weight excluding hydrogens is 390 g/mol. The second-order valence-electron chi connectivity index (χ2n) is 7.50. The van der Waals surface area contributed by atoms with Crippen molar-refractivity contribution < 1.29 is 4.79 Å². The van der Waals surface area contributed by atoms with E-state index in [4.69, 9.17) is 16.6 Å². The van der Waals surface area contributed by atoms with Gasteiger partial charge in [0.1, 0.15) is 5.84 Å². The molecule has 31 heavy (non-hydrogen) atoms. The maximum Gasteiger partial charge on any atom is 0.323 e. The van der Waals surface area contributed by atoms with Crippen LogP contribution >= 0.6 is 0 Å². The van der Waals surface area contributed by atoms with Crippen LogP contribution in [0.4, 0.5) is 16.2 Å². The molecule has 2 aromatic carbocycles. The minimum atomic E-state index is -0.319. The Bertz CT molecular complexity index is 1070. The van der Waals surface area contributed by atoms with Gasteiger partial charge in [-0.25, -0.2) is 4.79 Å². The number of nitrogens with one attached hydrogen (secondary N) is 4. The molecule has 0 saturated heterocycles. The summed E-state index contributed by atoms with van der Waals surface area (Å²) in [6.07, 6.45) is 1.74. The maximum absolute atomic E-state index is 12.4. The van der Waals surface area contributed by atoms with Crippen molar-refractivity contribution in [1.82, 2.24) is 0 Å². The van der Waals surface area contributed by atoms with Crippen LogP contribution in [-0.2, 0) is 6.42 Å². The Morgan fingerprint density at radius 1 is 1.00 bits per heavy atom. The number of aliphatic imine (C=N–C) groups is 2. The average molecular weight is 418 g/mol. The zero-order chi connectivity index (χ0) is 22.4. The smallest absolute Gasteiger partial charge is 0.323 e. The van der Waals surface area contributed by atoms with E-state index in [0.717, 1.165) is 46.6 Å². The van der Waals surface area contributed by atoms with E-state index in [1.165, 1.54) is 0 Å². The van der Waals surface area contributed by atoms with Gasteiger partial charge in [0.05, 0.1) is 13.1 Å². The Morgan fingerprint density at radius 2 is 1.68 bits per heavy atom. The number of benzene rings is 2. The van der Waals surface area contributed by atoms with E-state index < -0.39 is 0 Å². The third-order valence-corrected chi connectivity index (χ3v) is 4.86. The minimum Gasteiger partial charge on any atom is -0.386 e. The van der Waals surface area contributed by atoms with Crippen molar-refractivity contribution in [3.05, 3.63) is 59.2 Å². The number of nitrogens with zero attached hydrogens (tertiary/aromatic N) is 2. The molecule has 1 aliphatic carbocycles. The van der Waals surface area contributed by atoms with Crippen molar-refractivity contribution >= 4 is 40.4 Å². The summed E-state index contributed by atoms with van der Waals surface area (Å²) in [5.41, 5.74) is 12.2. The standard InChI is InChI=1S/C23H27N7O/c1-14(24)12-28-21-10-5-17-11-19(8-9-20(17)21)30-23(31)29-18-6-3-16(4-7-18)15(2)27-13-22(25)26/h3-4,6-9,11,24H,5,10,12-13H2,1-2H3,(H3,25,26)(H2,29,30,31). The van der Waals surface area contributed by atoms with Crippen molar-refractivity contribution in [2.24, 2.45) is 15.7 Å². The highest BCUT2D eigenvalue weighted by molar-refractivity contribution is 6.06. The number of carbonyl (C=O) groups is 1. The van der Waals surface area contributed by atoms with Gasteiger partial charge in [-0.3, -0.25) is 15.4 Å². The summed E-state index contributed by atoms with van der Waals surface area (Å²) in [6.45, 7) is 4.21. The molecule has 8 heteroatoms. The van der Waals surface area contributed by atoms with Crippen LogP contribution in [0.5, 0.6) is 0 Å². The van der Waals surface area contributed by atoms with Crippen molar-refractivity contribution in [3.63, 3.8) is 0 Å². The SMILES string of the molecule is CC(=N)CN=C1CCc2cc(NC(=O)Nc3ccc(C(C)=NCC(=N)N)cc3)ccc21. The van der Waals surface area contributed by atoms with Gasteiger partial charge in [0, 0.05) is 28.5 Å². The molecule has 0 spiro atoms. The Hall–Kier alpha value is -3.81. The molecule has 0 fully saturated rings. The van der Waals surface area contributed by atoms with E-state index >= 15 is 0 Å². The van der Waals surface area contributed by atoms with Gasteiger partial charge in [-0.15, -0.1) is 0 Å². The molecule has 8 nitrogen and oxygen atoms in total. The van der Waals surface area contributed by atoms with E-state index in [-0.39, 0.29) is 18.4 Å². The molecule has 2 amide bonds. The second kappa shape index (κ2) is 9.80. The lowest BCUT2D eigenvalue weighted by Crippen LogP contribution is -2.19. The number of amides is 2. The summed E-state index contributed by atoms with van der Waals surface area (Å²) in [4.78, 5) is 21.1. The number of anilines is 2. The third-order valence-electron chi connectivity index (χ3n) is 4.86. The summed E-state index contributed by atoms with van der Waals surface area (Å²) in [5, 5.41) is 20.5. The molecule has 6 N–H and O–H groups in total. The summed E-state index contributed by atoms with van der Waals surface area (Å²) >= 11 is 0. The Kier molecular flexibility index (Phi) is 6.92. The van der Waals surface area contributed by atoms with E-state index in [9.17, 15) is 4.79 Å². The van der Waals surface area contributed by atoms with Gasteiger partial charge in [0.15, 0.2) is 0 Å². The van der Waals surface area contributed by atoms with Crippen LogP contribution < -0.4 is 16.4 Å². The number of fused-ring (bicyclic) bond motifs is 1. The lowest BCUT2D eigenvalue weighted by Gasteiger charge is -2.10. The first-order valence-corrected chi connectivity index (χ1v) is 10.0. The molecule has 0 radical (unpaired) electrons. The molecule has 0 atom stereocenters. The topological polar surface area (TPSA) is 140 Å². The zero-order valence-electron chi connectivity index (χ0n) is 17.7. The molecule has 0 aromatic heterocycles. The normalized spacial score (nSPS) is 14.3. The fourth-order valence-electron chi connectivity index (χ4n) is 3.31. The molecule has 1 aliphatic rings. The third kappa shape index (κ3) is 6.08. The van der Waals surface area contributed by atoms with Crippen molar-refractivity contribution in [1.29, 1.82) is 10.8 Å². The molecule has 3 rings (SSSR count). The number of hydrogen-bond acceptors (Lipinski definition) is 5. The monoisotopic (exact) mass is 417 g/mol. The van der Waals surface area contributed by atoms with Gasteiger partial charge in [-0.1, -0.05) is 18.2 Å². The predicted molar refractivity (Wildman–Crippen MR) is 128 cm³/mol. The van der Waals surface area contributed by atoms with E-state index in [2.05, 4.69) is 20.6 Å². The minimum absolute atomic E-state index is 0.0193. The van der Waals surface area contributed by atoms with E-state index in [0.29, 0.717) is 17.9 Å². The molecule has 160 valence electrons. The molecule has 0 aliphatic heterocycles. The molecule has 0 unspecified atom stereocenters. The Labute approximate surface area is 181 Å². The average Bonchev–Trinajstić information content (AvgIpc) is 3.13. The number of aryl methyl sites for hydroxylation is 1. The fourth-order valence-corrected chi connectivity index (χ4v) is 3.31. The van der Waals surface area contributed by atoms with Gasteiger partial charge >= 0.3 is 6.03 Å². The molecule has 2 aromatic rings. The molecule has 0 bridgehead atoms. The molecule has 0 heterocycles. The van der Waals surface area contributed by atoms with Crippen LogP contribution in [0.3, 0.4) is 0 Å². The lowest BCUT2D eigenvalue weighted by molar-refractivity contribution is 0.262. The first-order chi connectivity index (χ1) is 14.8. The largest absolute Gasteiger partial charge is 0.386 e. The van der Waals surface area contributed by atoms with Crippen LogP contribution in [0, 0.1) is 10.8 Å². The maximum atomic E-state index is 12.4. The van der Waals surface area contributed by atoms with Gasteiger partial charge in [-0.2, -0.15) is 0 Å². The van der Waals surface area contributed by atoms with E-state index in [1.807, 2.05) is 37.3 Å². The Morgan fingerprint density at radius 3 is 2.35 bits per heavy atom. The highest BCUT2D eigenvalue weighted by Gasteiger charge is 2.18. The van der Waals surface area contributed by atoms with Crippen LogP contribution in [0.2, 0.25) is 0 Å². The number of amidine groups is 1. The molecular formula is C23H27N7O.